The molecule has 2 fully saturated rings. The predicted octanol–water partition coefficient (Wildman–Crippen LogP) is 1.68. The zero-order valence-corrected chi connectivity index (χ0v) is 15.5. The van der Waals surface area contributed by atoms with Crippen molar-refractivity contribution in [2.75, 3.05) is 46.9 Å². The van der Waals surface area contributed by atoms with Gasteiger partial charge >= 0.3 is 0 Å². The lowest BCUT2D eigenvalue weighted by Gasteiger charge is -2.23. The molecule has 0 aromatic heterocycles. The first-order valence-corrected chi connectivity index (χ1v) is 9.44. The van der Waals surface area contributed by atoms with Crippen molar-refractivity contribution < 1.29 is 9.53 Å². The van der Waals surface area contributed by atoms with Crippen LogP contribution >= 0.6 is 0 Å². The summed E-state index contributed by atoms with van der Waals surface area (Å²) in [4.78, 5) is 14.4. The van der Waals surface area contributed by atoms with Gasteiger partial charge in [-0.1, -0.05) is 12.1 Å². The van der Waals surface area contributed by atoms with E-state index >= 15 is 0 Å². The highest BCUT2D eigenvalue weighted by Crippen LogP contribution is 2.58. The van der Waals surface area contributed by atoms with Crippen molar-refractivity contribution in [1.82, 2.24) is 15.5 Å². The molecule has 1 aliphatic carbocycles. The molecule has 1 amide bonds. The Hall–Kier alpha value is -1.59. The molecule has 5 nitrogen and oxygen atoms in total. The molecule has 1 aromatic carbocycles. The second kappa shape index (κ2) is 8.19. The maximum atomic E-state index is 12.3. The maximum absolute atomic E-state index is 12.3. The Balaban J connectivity index is 1.35. The molecule has 0 bridgehead atoms. The Labute approximate surface area is 151 Å². The lowest BCUT2D eigenvalue weighted by molar-refractivity contribution is -0.123. The maximum Gasteiger partial charge on any atom is 0.223 e. The van der Waals surface area contributed by atoms with Gasteiger partial charge in [0.15, 0.2) is 0 Å². The number of carbonyl (C=O) groups is 1. The summed E-state index contributed by atoms with van der Waals surface area (Å²) in [6.07, 6.45) is 4.26. The zero-order valence-electron chi connectivity index (χ0n) is 15.5. The molecule has 1 unspecified atom stereocenters. The van der Waals surface area contributed by atoms with E-state index in [1.807, 2.05) is 26.2 Å². The average molecular weight is 345 g/mol. The van der Waals surface area contributed by atoms with Gasteiger partial charge in [-0.25, -0.2) is 0 Å². The van der Waals surface area contributed by atoms with Gasteiger partial charge in [0.05, 0.1) is 0 Å². The highest BCUT2D eigenvalue weighted by molar-refractivity contribution is 5.82. The van der Waals surface area contributed by atoms with Crippen LogP contribution in [0.3, 0.4) is 0 Å². The van der Waals surface area contributed by atoms with Crippen LogP contribution < -0.4 is 15.4 Å². The van der Waals surface area contributed by atoms with E-state index in [4.69, 9.17) is 4.74 Å². The molecule has 25 heavy (non-hydrogen) atoms. The third kappa shape index (κ3) is 4.95. The molecule has 2 N–H and O–H groups in total. The van der Waals surface area contributed by atoms with Gasteiger partial charge in [-0.3, -0.25) is 4.79 Å². The monoisotopic (exact) mass is 345 g/mol. The number of hydrogen-bond donors (Lipinski definition) is 2. The number of piperidine rings is 1. The fourth-order valence-corrected chi connectivity index (χ4v) is 3.75. The minimum atomic E-state index is 0.252. The van der Waals surface area contributed by atoms with Gasteiger partial charge in [0, 0.05) is 19.0 Å². The van der Waals surface area contributed by atoms with Crippen molar-refractivity contribution in [2.45, 2.75) is 25.7 Å². The summed E-state index contributed by atoms with van der Waals surface area (Å²) in [6.45, 7) is 4.44. The number of carbonyl (C=O) groups excluding carboxylic acids is 1. The number of likely N-dealkylation sites (N-methyl/N-ethyl adjacent to an activating group) is 1. The standard InChI is InChI=1S/C20H31N3O2/c1-23(2)13-14-25-17-5-3-16(4-6-17)7-10-22-19(24)18-15-20(18)8-11-21-12-9-20/h3-6,18,21H,7-15H2,1-2H3,(H,22,24). The first kappa shape index (κ1) is 18.2. The zero-order chi connectivity index (χ0) is 17.7. The van der Waals surface area contributed by atoms with Crippen molar-refractivity contribution >= 4 is 5.91 Å². The number of amides is 1. The van der Waals surface area contributed by atoms with E-state index in [9.17, 15) is 4.79 Å². The van der Waals surface area contributed by atoms with Gasteiger partial charge in [-0.2, -0.15) is 0 Å². The normalized spacial score (nSPS) is 21.3. The lowest BCUT2D eigenvalue weighted by atomic mass is 9.92. The molecule has 1 heterocycles. The van der Waals surface area contributed by atoms with Crippen molar-refractivity contribution in [3.05, 3.63) is 29.8 Å². The van der Waals surface area contributed by atoms with Crippen molar-refractivity contribution in [3.8, 4) is 5.75 Å². The van der Waals surface area contributed by atoms with Crippen LogP contribution in [-0.2, 0) is 11.2 Å². The molecular weight excluding hydrogens is 314 g/mol. The Morgan fingerprint density at radius 3 is 2.68 bits per heavy atom. The SMILES string of the molecule is CN(C)CCOc1ccc(CCNC(=O)C2CC23CCNCC3)cc1. The number of rotatable bonds is 8. The van der Waals surface area contributed by atoms with E-state index in [1.165, 1.54) is 5.56 Å². The highest BCUT2D eigenvalue weighted by atomic mass is 16.5. The second-order valence-electron chi connectivity index (χ2n) is 7.71. The first-order valence-electron chi connectivity index (χ1n) is 9.44. The Kier molecular flexibility index (Phi) is 5.97. The minimum absolute atomic E-state index is 0.252. The number of ether oxygens (including phenoxy) is 1. The van der Waals surface area contributed by atoms with Gasteiger partial charge in [0.1, 0.15) is 12.4 Å². The average Bonchev–Trinajstić information content (AvgIpc) is 3.29. The third-order valence-electron chi connectivity index (χ3n) is 5.55. The van der Waals surface area contributed by atoms with Crippen LogP contribution in [0.25, 0.3) is 0 Å². The first-order chi connectivity index (χ1) is 12.1. The summed E-state index contributed by atoms with van der Waals surface area (Å²) in [5.74, 6) is 1.41. The molecule has 5 heteroatoms. The van der Waals surface area contributed by atoms with E-state index < -0.39 is 0 Å². The van der Waals surface area contributed by atoms with E-state index in [0.717, 1.165) is 51.1 Å². The van der Waals surface area contributed by atoms with Crippen LogP contribution in [0.2, 0.25) is 0 Å². The van der Waals surface area contributed by atoms with E-state index in [2.05, 4.69) is 27.7 Å². The quantitative estimate of drug-likeness (QED) is 0.753. The molecule has 2 aliphatic rings. The smallest absolute Gasteiger partial charge is 0.223 e. The number of benzene rings is 1. The molecule has 1 saturated carbocycles. The lowest BCUT2D eigenvalue weighted by Crippen LogP contribution is -2.34. The summed E-state index contributed by atoms with van der Waals surface area (Å²) in [5, 5.41) is 6.51. The van der Waals surface area contributed by atoms with Crippen molar-refractivity contribution in [3.63, 3.8) is 0 Å². The fraction of sp³-hybridized carbons (Fsp3) is 0.650. The molecule has 3 rings (SSSR count). The Morgan fingerprint density at radius 2 is 2.00 bits per heavy atom. The second-order valence-corrected chi connectivity index (χ2v) is 7.71. The third-order valence-corrected chi connectivity index (χ3v) is 5.55. The number of hydrogen-bond acceptors (Lipinski definition) is 4. The van der Waals surface area contributed by atoms with Crippen molar-refractivity contribution in [1.29, 1.82) is 0 Å². The van der Waals surface area contributed by atoms with Crippen LogP contribution in [0.15, 0.2) is 24.3 Å². The van der Waals surface area contributed by atoms with E-state index in [1.54, 1.807) is 0 Å². The molecule has 1 saturated heterocycles. The molecule has 1 aromatic rings. The van der Waals surface area contributed by atoms with Gasteiger partial charge in [0.2, 0.25) is 5.91 Å². The van der Waals surface area contributed by atoms with Crippen molar-refractivity contribution in [2.24, 2.45) is 11.3 Å². The van der Waals surface area contributed by atoms with Crippen LogP contribution in [0.5, 0.6) is 5.75 Å². The summed E-state index contributed by atoms with van der Waals surface area (Å²) >= 11 is 0. The minimum Gasteiger partial charge on any atom is -0.492 e. The highest BCUT2D eigenvalue weighted by Gasteiger charge is 2.57. The molecule has 0 radical (unpaired) electrons. The topological polar surface area (TPSA) is 53.6 Å². The van der Waals surface area contributed by atoms with E-state index in [-0.39, 0.29) is 11.8 Å². The van der Waals surface area contributed by atoms with Gasteiger partial charge in [0.25, 0.3) is 0 Å². The van der Waals surface area contributed by atoms with Gasteiger partial charge < -0.3 is 20.3 Å². The predicted molar refractivity (Wildman–Crippen MR) is 99.8 cm³/mol. The number of nitrogens with zero attached hydrogens (tertiary/aromatic N) is 1. The molecule has 138 valence electrons. The van der Waals surface area contributed by atoms with E-state index in [0.29, 0.717) is 18.6 Å². The summed E-state index contributed by atoms with van der Waals surface area (Å²) < 4.78 is 5.70. The molecule has 1 atom stereocenters. The van der Waals surface area contributed by atoms with Gasteiger partial charge in [-0.05, 0) is 76.0 Å². The Bertz CT molecular complexity index is 565. The largest absolute Gasteiger partial charge is 0.492 e. The fourth-order valence-electron chi connectivity index (χ4n) is 3.75. The summed E-state index contributed by atoms with van der Waals surface area (Å²) in [6, 6.07) is 8.20. The van der Waals surface area contributed by atoms with Gasteiger partial charge in [-0.15, -0.1) is 0 Å². The molecule has 1 aliphatic heterocycles. The molecule has 1 spiro atoms. The number of nitrogens with one attached hydrogen (secondary N) is 2. The Morgan fingerprint density at radius 1 is 1.28 bits per heavy atom. The summed E-state index contributed by atoms with van der Waals surface area (Å²) in [7, 11) is 4.07. The van der Waals surface area contributed by atoms with Crippen LogP contribution in [0.4, 0.5) is 0 Å². The van der Waals surface area contributed by atoms with Crippen LogP contribution in [0, 0.1) is 11.3 Å². The summed E-state index contributed by atoms with van der Waals surface area (Å²) in [5.41, 5.74) is 1.55. The van der Waals surface area contributed by atoms with Crippen LogP contribution in [-0.4, -0.2) is 57.7 Å². The van der Waals surface area contributed by atoms with Crippen LogP contribution in [0.1, 0.15) is 24.8 Å². The molecular formula is C20H31N3O2.